The predicted octanol–water partition coefficient (Wildman–Crippen LogP) is 4.92. The molecule has 2 heterocycles. The number of carboxylic acids is 1. The Balaban J connectivity index is 1.63. The Morgan fingerprint density at radius 2 is 2.06 bits per heavy atom. The van der Waals surface area contributed by atoms with Gasteiger partial charge in [-0.1, -0.05) is 13.8 Å². The minimum absolute atomic E-state index is 0.0518. The van der Waals surface area contributed by atoms with Gasteiger partial charge < -0.3 is 24.8 Å². The van der Waals surface area contributed by atoms with E-state index in [0.29, 0.717) is 19.5 Å². The lowest BCUT2D eigenvalue weighted by molar-refractivity contribution is -0.148. The van der Waals surface area contributed by atoms with E-state index in [2.05, 4.69) is 25.4 Å². The number of hydrogen-bond acceptors (Lipinski definition) is 6. The van der Waals surface area contributed by atoms with Gasteiger partial charge in [-0.3, -0.25) is 4.79 Å². The van der Waals surface area contributed by atoms with Crippen molar-refractivity contribution >= 4 is 12.1 Å². The van der Waals surface area contributed by atoms with Gasteiger partial charge in [-0.2, -0.15) is 5.10 Å². The Labute approximate surface area is 215 Å². The zero-order valence-corrected chi connectivity index (χ0v) is 23.0. The van der Waals surface area contributed by atoms with Crippen LogP contribution in [0, 0.1) is 11.3 Å². The molecule has 2 unspecified atom stereocenters. The van der Waals surface area contributed by atoms with E-state index in [1.54, 1.807) is 11.9 Å². The Hall–Kier alpha value is -2.13. The van der Waals surface area contributed by atoms with Crippen molar-refractivity contribution in [1.82, 2.24) is 20.0 Å². The van der Waals surface area contributed by atoms with Gasteiger partial charge in [-0.15, -0.1) is 0 Å². The fourth-order valence-electron chi connectivity index (χ4n) is 5.22. The number of nitrogens with zero attached hydrogens (tertiary/aromatic N) is 3. The zero-order chi connectivity index (χ0) is 26.5. The fourth-order valence-corrected chi connectivity index (χ4v) is 5.22. The van der Waals surface area contributed by atoms with Crippen LogP contribution in [-0.4, -0.2) is 64.2 Å². The van der Waals surface area contributed by atoms with Crippen LogP contribution in [0.15, 0.2) is 6.20 Å². The van der Waals surface area contributed by atoms with Gasteiger partial charge in [-0.05, 0) is 77.7 Å². The third-order valence-corrected chi connectivity index (χ3v) is 7.44. The molecule has 1 aliphatic heterocycles. The highest BCUT2D eigenvalue weighted by molar-refractivity contribution is 5.71. The third-order valence-electron chi connectivity index (χ3n) is 7.44. The molecular formula is C27H46N4O5. The van der Waals surface area contributed by atoms with Gasteiger partial charge in [0.25, 0.3) is 0 Å². The van der Waals surface area contributed by atoms with Crippen LogP contribution < -0.4 is 5.32 Å². The van der Waals surface area contributed by atoms with Gasteiger partial charge in [0.15, 0.2) is 0 Å². The third kappa shape index (κ3) is 7.68. The van der Waals surface area contributed by atoms with Crippen LogP contribution in [0.5, 0.6) is 0 Å². The first-order valence-corrected chi connectivity index (χ1v) is 13.4. The number of carboxylic acid groups (broad SMARTS) is 1. The molecule has 1 aromatic rings. The average molecular weight is 507 g/mol. The van der Waals surface area contributed by atoms with Crippen molar-refractivity contribution in [1.29, 1.82) is 0 Å². The summed E-state index contributed by atoms with van der Waals surface area (Å²) >= 11 is 0. The first kappa shape index (κ1) is 28.4. The van der Waals surface area contributed by atoms with E-state index in [1.807, 2.05) is 25.5 Å². The Kier molecular flexibility index (Phi) is 9.44. The molecule has 3 rings (SSSR count). The van der Waals surface area contributed by atoms with Gasteiger partial charge >= 0.3 is 12.1 Å². The van der Waals surface area contributed by atoms with Crippen LogP contribution >= 0.6 is 0 Å². The van der Waals surface area contributed by atoms with Gasteiger partial charge in [-0.25, -0.2) is 9.48 Å². The highest BCUT2D eigenvalue weighted by atomic mass is 16.6. The monoisotopic (exact) mass is 506 g/mol. The molecule has 2 N–H and O–H groups in total. The predicted molar refractivity (Wildman–Crippen MR) is 138 cm³/mol. The highest BCUT2D eigenvalue weighted by Crippen LogP contribution is 2.47. The van der Waals surface area contributed by atoms with Crippen molar-refractivity contribution < 1.29 is 24.2 Å². The van der Waals surface area contributed by atoms with Gasteiger partial charge in [0.1, 0.15) is 11.8 Å². The van der Waals surface area contributed by atoms with Crippen LogP contribution in [0.25, 0.3) is 0 Å². The minimum atomic E-state index is -0.714. The standard InChI is InChI=1S/C27H46N4O5/c1-26(2,3)36-25(34)30(6)14-9-13-28-17-20-18-31(22-10-7-8-15-35-22)29-23(20)19-11-12-27(4,5)21(16-19)24(32)33/h18-19,21-22,28H,7-17H2,1-6H3,(H,32,33)/t19?,21-,22?/m1/s1. The van der Waals surface area contributed by atoms with Crippen LogP contribution in [0.2, 0.25) is 0 Å². The summed E-state index contributed by atoms with van der Waals surface area (Å²) in [6.07, 6.45) is 8.07. The summed E-state index contributed by atoms with van der Waals surface area (Å²) in [5.74, 6) is -0.968. The lowest BCUT2D eigenvalue weighted by Gasteiger charge is -2.39. The number of nitrogens with one attached hydrogen (secondary N) is 1. The van der Waals surface area contributed by atoms with E-state index in [9.17, 15) is 14.7 Å². The molecule has 0 bridgehead atoms. The minimum Gasteiger partial charge on any atom is -0.481 e. The molecule has 9 heteroatoms. The SMILES string of the molecule is CN(CCCNCc1cn(C2CCCCO2)nc1C1CCC(C)(C)[C@@H](C(=O)O)C1)C(=O)OC(C)(C)C. The average Bonchev–Trinajstić information content (AvgIpc) is 3.22. The second-order valence-corrected chi connectivity index (χ2v) is 12.1. The molecular weight excluding hydrogens is 460 g/mol. The number of aromatic nitrogens is 2. The molecule has 1 saturated heterocycles. The first-order chi connectivity index (χ1) is 16.9. The van der Waals surface area contributed by atoms with E-state index in [0.717, 1.165) is 62.9 Å². The molecule has 204 valence electrons. The van der Waals surface area contributed by atoms with E-state index in [4.69, 9.17) is 14.6 Å². The van der Waals surface area contributed by atoms with Crippen molar-refractivity contribution in [3.8, 4) is 0 Å². The molecule has 0 spiro atoms. The number of amides is 1. The lowest BCUT2D eigenvalue weighted by Crippen LogP contribution is -2.37. The van der Waals surface area contributed by atoms with E-state index in [-0.39, 0.29) is 29.6 Å². The van der Waals surface area contributed by atoms with E-state index >= 15 is 0 Å². The second kappa shape index (κ2) is 11.9. The van der Waals surface area contributed by atoms with Crippen molar-refractivity contribution in [2.75, 3.05) is 26.7 Å². The smallest absolute Gasteiger partial charge is 0.410 e. The Bertz CT molecular complexity index is 885. The van der Waals surface area contributed by atoms with Crippen molar-refractivity contribution in [2.24, 2.45) is 11.3 Å². The van der Waals surface area contributed by atoms with E-state index in [1.165, 1.54) is 0 Å². The van der Waals surface area contributed by atoms with Gasteiger partial charge in [0.2, 0.25) is 0 Å². The highest BCUT2D eigenvalue weighted by Gasteiger charge is 2.42. The van der Waals surface area contributed by atoms with Gasteiger partial charge in [0, 0.05) is 44.4 Å². The molecule has 0 radical (unpaired) electrons. The Morgan fingerprint density at radius 1 is 1.31 bits per heavy atom. The van der Waals surface area contributed by atoms with Crippen molar-refractivity contribution in [3.05, 3.63) is 17.5 Å². The maximum Gasteiger partial charge on any atom is 0.410 e. The molecule has 3 atom stereocenters. The summed E-state index contributed by atoms with van der Waals surface area (Å²) in [4.78, 5) is 25.8. The summed E-state index contributed by atoms with van der Waals surface area (Å²) in [6.45, 7) is 12.5. The normalized spacial score (nSPS) is 24.3. The van der Waals surface area contributed by atoms with Crippen LogP contribution in [0.3, 0.4) is 0 Å². The fraction of sp³-hybridized carbons (Fsp3) is 0.815. The van der Waals surface area contributed by atoms with Crippen molar-refractivity contribution in [3.63, 3.8) is 0 Å². The lowest BCUT2D eigenvalue weighted by atomic mass is 9.64. The molecule has 2 aliphatic rings. The summed E-state index contributed by atoms with van der Waals surface area (Å²) < 4.78 is 13.3. The largest absolute Gasteiger partial charge is 0.481 e. The molecule has 0 aromatic carbocycles. The number of rotatable bonds is 9. The van der Waals surface area contributed by atoms with Crippen LogP contribution in [-0.2, 0) is 20.8 Å². The number of aliphatic carboxylic acids is 1. The summed E-state index contributed by atoms with van der Waals surface area (Å²) in [5, 5.41) is 18.3. The molecule has 1 aromatic heterocycles. The second-order valence-electron chi connectivity index (χ2n) is 12.1. The molecule has 1 aliphatic carbocycles. The molecule has 9 nitrogen and oxygen atoms in total. The number of ether oxygens (including phenoxy) is 2. The summed E-state index contributed by atoms with van der Waals surface area (Å²) in [5.41, 5.74) is 1.40. The maximum absolute atomic E-state index is 12.2. The Morgan fingerprint density at radius 3 is 2.69 bits per heavy atom. The summed E-state index contributed by atoms with van der Waals surface area (Å²) in [6, 6.07) is 0. The number of carbonyl (C=O) groups excluding carboxylic acids is 1. The van der Waals surface area contributed by atoms with E-state index < -0.39 is 11.6 Å². The molecule has 1 saturated carbocycles. The number of hydrogen-bond donors (Lipinski definition) is 2. The van der Waals surface area contributed by atoms with Crippen molar-refractivity contribution in [2.45, 2.75) is 104 Å². The quantitative estimate of drug-likeness (QED) is 0.458. The molecule has 1 amide bonds. The van der Waals surface area contributed by atoms with Crippen LogP contribution in [0.1, 0.15) is 103 Å². The first-order valence-electron chi connectivity index (χ1n) is 13.4. The molecule has 36 heavy (non-hydrogen) atoms. The maximum atomic E-state index is 12.2. The topological polar surface area (TPSA) is 106 Å². The summed E-state index contributed by atoms with van der Waals surface area (Å²) in [7, 11) is 1.75. The molecule has 2 fully saturated rings. The van der Waals surface area contributed by atoms with Crippen LogP contribution in [0.4, 0.5) is 4.79 Å². The number of carbonyl (C=O) groups is 2. The zero-order valence-electron chi connectivity index (χ0n) is 23.0. The van der Waals surface area contributed by atoms with Gasteiger partial charge in [0.05, 0.1) is 11.6 Å².